The smallest absolute Gasteiger partial charge is 0.121 e. The Morgan fingerprint density at radius 3 is 2.71 bits per heavy atom. The molecule has 1 unspecified atom stereocenters. The molecule has 1 fully saturated rings. The summed E-state index contributed by atoms with van der Waals surface area (Å²) in [5.74, 6) is 0.860. The highest BCUT2D eigenvalue weighted by molar-refractivity contribution is 5.49. The Morgan fingerprint density at radius 1 is 1.50 bits per heavy atom. The summed E-state index contributed by atoms with van der Waals surface area (Å²) in [6, 6.07) is 0.616. The molecule has 0 spiro atoms. The van der Waals surface area contributed by atoms with Gasteiger partial charge in [0.15, 0.2) is 0 Å². The van der Waals surface area contributed by atoms with Crippen LogP contribution in [0.4, 0.5) is 0 Å². The fourth-order valence-electron chi connectivity index (χ4n) is 1.82. The van der Waals surface area contributed by atoms with Gasteiger partial charge < -0.3 is 9.53 Å². The maximum Gasteiger partial charge on any atom is 0.121 e. The van der Waals surface area contributed by atoms with Crippen molar-refractivity contribution in [1.82, 2.24) is 4.90 Å². The summed E-state index contributed by atoms with van der Waals surface area (Å²) < 4.78 is 5.07. The number of methoxy groups -OCH3 is 1. The molecule has 0 amide bonds. The van der Waals surface area contributed by atoms with E-state index in [1.54, 1.807) is 7.11 Å². The lowest BCUT2D eigenvalue weighted by Crippen LogP contribution is -2.38. The minimum atomic E-state index is 0.616. The molecule has 1 saturated carbocycles. The molecule has 1 rings (SSSR count). The third-order valence-electron chi connectivity index (χ3n) is 3.00. The molecule has 0 aromatic rings. The lowest BCUT2D eigenvalue weighted by atomic mass is 10.2. The summed E-state index contributed by atoms with van der Waals surface area (Å²) in [4.78, 5) is 12.7. The number of ether oxygens (including phenoxy) is 1. The van der Waals surface area contributed by atoms with Crippen molar-refractivity contribution in [1.29, 1.82) is 0 Å². The summed E-state index contributed by atoms with van der Waals surface area (Å²) >= 11 is 0. The van der Waals surface area contributed by atoms with Crippen molar-refractivity contribution >= 4 is 6.29 Å². The molecule has 1 aliphatic carbocycles. The summed E-state index contributed by atoms with van der Waals surface area (Å²) in [6.07, 6.45) is 4.34. The molecule has 0 radical (unpaired) electrons. The summed E-state index contributed by atoms with van der Waals surface area (Å²) in [7, 11) is 1.72. The zero-order valence-electron chi connectivity index (χ0n) is 9.24. The van der Waals surface area contributed by atoms with Crippen LogP contribution in [0.2, 0.25) is 0 Å². The predicted octanol–water partition coefficient (Wildman–Crippen LogP) is 1.32. The third kappa shape index (κ3) is 3.76. The van der Waals surface area contributed by atoms with Crippen LogP contribution in [0.25, 0.3) is 0 Å². The van der Waals surface area contributed by atoms with Crippen LogP contribution in [0.5, 0.6) is 0 Å². The Bertz CT molecular complexity index is 169. The molecule has 0 N–H and O–H groups in total. The Kier molecular flexibility index (Phi) is 5.12. The first kappa shape index (κ1) is 11.7. The molecule has 0 aromatic carbocycles. The molecule has 14 heavy (non-hydrogen) atoms. The van der Waals surface area contributed by atoms with E-state index in [4.69, 9.17) is 4.74 Å². The van der Waals surface area contributed by atoms with Crippen molar-refractivity contribution in [2.24, 2.45) is 5.92 Å². The van der Waals surface area contributed by atoms with Crippen LogP contribution in [0.1, 0.15) is 26.2 Å². The molecule has 3 nitrogen and oxygen atoms in total. The van der Waals surface area contributed by atoms with Crippen molar-refractivity contribution in [3.8, 4) is 0 Å². The van der Waals surface area contributed by atoms with Crippen molar-refractivity contribution in [3.63, 3.8) is 0 Å². The van der Waals surface area contributed by atoms with Crippen molar-refractivity contribution in [3.05, 3.63) is 0 Å². The topological polar surface area (TPSA) is 29.5 Å². The number of aldehydes is 1. The van der Waals surface area contributed by atoms with Crippen LogP contribution in [0.15, 0.2) is 0 Å². The normalized spacial score (nSPS) is 18.5. The molecule has 0 aromatic heterocycles. The number of carbonyl (C=O) groups excluding carboxylic acids is 1. The maximum atomic E-state index is 10.3. The Morgan fingerprint density at radius 2 is 2.21 bits per heavy atom. The zero-order chi connectivity index (χ0) is 10.4. The van der Waals surface area contributed by atoms with Gasteiger partial charge in [-0.1, -0.05) is 0 Å². The molecule has 1 aliphatic rings. The van der Waals surface area contributed by atoms with Gasteiger partial charge in [0.1, 0.15) is 6.29 Å². The average Bonchev–Trinajstić information content (AvgIpc) is 3.00. The summed E-state index contributed by atoms with van der Waals surface area (Å²) in [5, 5.41) is 0. The molecule has 0 heterocycles. The van der Waals surface area contributed by atoms with Gasteiger partial charge in [-0.05, 0) is 25.7 Å². The number of carbonyl (C=O) groups is 1. The molecule has 82 valence electrons. The van der Waals surface area contributed by atoms with E-state index in [2.05, 4.69) is 11.8 Å². The lowest BCUT2D eigenvalue weighted by molar-refractivity contribution is -0.108. The van der Waals surface area contributed by atoms with Gasteiger partial charge in [0.05, 0.1) is 6.61 Å². The van der Waals surface area contributed by atoms with E-state index in [1.165, 1.54) is 12.8 Å². The first-order chi connectivity index (χ1) is 6.79. The number of rotatable bonds is 8. The minimum absolute atomic E-state index is 0.616. The Hall–Kier alpha value is -0.410. The van der Waals surface area contributed by atoms with Gasteiger partial charge >= 0.3 is 0 Å². The van der Waals surface area contributed by atoms with E-state index >= 15 is 0 Å². The van der Waals surface area contributed by atoms with Gasteiger partial charge in [-0.2, -0.15) is 0 Å². The van der Waals surface area contributed by atoms with Gasteiger partial charge in [0.25, 0.3) is 0 Å². The monoisotopic (exact) mass is 199 g/mol. The second-order valence-corrected chi connectivity index (χ2v) is 4.06. The third-order valence-corrected chi connectivity index (χ3v) is 3.00. The van der Waals surface area contributed by atoms with Crippen molar-refractivity contribution in [2.75, 3.05) is 26.8 Å². The molecular weight excluding hydrogens is 178 g/mol. The summed E-state index contributed by atoms with van der Waals surface area (Å²) in [5.41, 5.74) is 0. The van der Waals surface area contributed by atoms with Gasteiger partial charge in [0, 0.05) is 32.7 Å². The van der Waals surface area contributed by atoms with Crippen LogP contribution in [0.3, 0.4) is 0 Å². The fourth-order valence-corrected chi connectivity index (χ4v) is 1.82. The first-order valence-electron chi connectivity index (χ1n) is 5.46. The second kappa shape index (κ2) is 6.14. The highest BCUT2D eigenvalue weighted by atomic mass is 16.5. The number of hydrogen-bond acceptors (Lipinski definition) is 3. The van der Waals surface area contributed by atoms with E-state index in [1.807, 2.05) is 0 Å². The van der Waals surface area contributed by atoms with Crippen LogP contribution in [0, 0.1) is 5.92 Å². The molecule has 1 atom stereocenters. The van der Waals surface area contributed by atoms with E-state index in [9.17, 15) is 4.79 Å². The van der Waals surface area contributed by atoms with Crippen LogP contribution in [-0.2, 0) is 9.53 Å². The van der Waals surface area contributed by atoms with Crippen molar-refractivity contribution in [2.45, 2.75) is 32.2 Å². The molecular formula is C11H21NO2. The van der Waals surface area contributed by atoms with Gasteiger partial charge in [-0.3, -0.25) is 4.90 Å². The zero-order valence-corrected chi connectivity index (χ0v) is 9.24. The second-order valence-electron chi connectivity index (χ2n) is 4.06. The molecule has 0 bridgehead atoms. The molecule has 0 saturated heterocycles. The lowest BCUT2D eigenvalue weighted by Gasteiger charge is -2.28. The predicted molar refractivity (Wildman–Crippen MR) is 56.3 cm³/mol. The molecule has 0 aliphatic heterocycles. The Balaban J connectivity index is 2.29. The number of nitrogens with zero attached hydrogens (tertiary/aromatic N) is 1. The number of hydrogen-bond donors (Lipinski definition) is 0. The highest BCUT2D eigenvalue weighted by Gasteiger charge is 2.31. The van der Waals surface area contributed by atoms with Gasteiger partial charge in [0.2, 0.25) is 0 Å². The highest BCUT2D eigenvalue weighted by Crippen LogP contribution is 2.34. The van der Waals surface area contributed by atoms with Crippen LogP contribution >= 0.6 is 0 Å². The minimum Gasteiger partial charge on any atom is -0.383 e. The average molecular weight is 199 g/mol. The van der Waals surface area contributed by atoms with Gasteiger partial charge in [-0.15, -0.1) is 0 Å². The largest absolute Gasteiger partial charge is 0.383 e. The van der Waals surface area contributed by atoms with Gasteiger partial charge in [-0.25, -0.2) is 0 Å². The van der Waals surface area contributed by atoms with E-state index < -0.39 is 0 Å². The van der Waals surface area contributed by atoms with E-state index in [0.717, 1.165) is 31.9 Å². The van der Waals surface area contributed by atoms with E-state index in [0.29, 0.717) is 12.5 Å². The van der Waals surface area contributed by atoms with Crippen LogP contribution in [-0.4, -0.2) is 44.0 Å². The van der Waals surface area contributed by atoms with E-state index in [-0.39, 0.29) is 0 Å². The van der Waals surface area contributed by atoms with Crippen LogP contribution < -0.4 is 0 Å². The SMILES string of the molecule is COCCN(CCC=O)C(C)C1CC1. The maximum absolute atomic E-state index is 10.3. The molecule has 3 heteroatoms. The summed E-state index contributed by atoms with van der Waals surface area (Å²) in [6.45, 7) is 4.85. The Labute approximate surface area is 86.4 Å². The standard InChI is InChI=1S/C11H21NO2/c1-10(11-4-5-11)12(6-3-8-13)7-9-14-2/h8,10-11H,3-7,9H2,1-2H3. The van der Waals surface area contributed by atoms with Crippen molar-refractivity contribution < 1.29 is 9.53 Å². The fraction of sp³-hybridized carbons (Fsp3) is 0.909. The quantitative estimate of drug-likeness (QED) is 0.552. The first-order valence-corrected chi connectivity index (χ1v) is 5.46.